The van der Waals surface area contributed by atoms with E-state index in [9.17, 15) is 9.59 Å². The van der Waals surface area contributed by atoms with Crippen molar-refractivity contribution in [2.75, 3.05) is 19.8 Å². The highest BCUT2D eigenvalue weighted by molar-refractivity contribution is 5.69. The molecule has 0 saturated carbocycles. The molecule has 0 N–H and O–H groups in total. The topological polar surface area (TPSA) is 74.3 Å². The number of carbonyl (C=O) groups is 2. The highest BCUT2D eigenvalue weighted by Crippen LogP contribution is 2.54. The number of hydroxylamine groups is 2. The second kappa shape index (κ2) is 19.6. The minimum atomic E-state index is -0.790. The predicted octanol–water partition coefficient (Wildman–Crippen LogP) is 10.1. The quantitative estimate of drug-likeness (QED) is 0.0864. The van der Waals surface area contributed by atoms with Gasteiger partial charge in [-0.3, -0.25) is 9.59 Å². The van der Waals surface area contributed by atoms with Crippen molar-refractivity contribution in [3.63, 3.8) is 0 Å². The average molecular weight is 638 g/mol. The summed E-state index contributed by atoms with van der Waals surface area (Å²) < 4.78 is 18.8. The molecule has 0 aromatic carbocycles. The van der Waals surface area contributed by atoms with Crippen molar-refractivity contribution in [1.82, 2.24) is 5.06 Å². The highest BCUT2D eigenvalue weighted by atomic mass is 16.7. The molecule has 0 radical (unpaired) electrons. The van der Waals surface area contributed by atoms with Crippen LogP contribution in [-0.4, -0.2) is 53.7 Å². The first kappa shape index (κ1) is 40.0. The van der Waals surface area contributed by atoms with Gasteiger partial charge in [-0.15, -0.1) is 5.06 Å². The van der Waals surface area contributed by atoms with Crippen molar-refractivity contribution < 1.29 is 28.6 Å². The highest BCUT2D eigenvalue weighted by Gasteiger charge is 2.64. The fourth-order valence-electron chi connectivity index (χ4n) is 7.37. The summed E-state index contributed by atoms with van der Waals surface area (Å²) in [6, 6.07) is 0. The second-order valence-electron chi connectivity index (χ2n) is 14.9. The Kier molecular flexibility index (Phi) is 17.4. The number of piperidine rings is 1. The normalized spacial score (nSPS) is 30.4. The van der Waals surface area contributed by atoms with Crippen molar-refractivity contribution in [1.29, 1.82) is 0 Å². The molecule has 2 aliphatic heterocycles. The predicted molar refractivity (Wildman–Crippen MR) is 183 cm³/mol. The standard InChI is InChI=1S/C38H71NO6/c1-9-13-14-15-16-17-18-19-20-21-22-23-24-25-26-27-34(41)45-39-35(7,10-2)28-38(32(5)36(39,8)11-3)43-30-37(12-4,31-44-38)29-42-33(6)40/h32H,9-31H2,1-8H3. The molecule has 7 heteroatoms. The van der Waals surface area contributed by atoms with Crippen LogP contribution in [0.15, 0.2) is 0 Å². The lowest BCUT2D eigenvalue weighted by molar-refractivity contribution is -0.403. The van der Waals surface area contributed by atoms with E-state index in [4.69, 9.17) is 19.0 Å². The Hall–Kier alpha value is -1.18. The van der Waals surface area contributed by atoms with Crippen LogP contribution in [0.3, 0.4) is 0 Å². The molecule has 2 saturated heterocycles. The summed E-state index contributed by atoms with van der Waals surface area (Å²) in [6.07, 6.45) is 23.0. The summed E-state index contributed by atoms with van der Waals surface area (Å²) in [4.78, 5) is 31.0. The maximum atomic E-state index is 13.2. The summed E-state index contributed by atoms with van der Waals surface area (Å²) >= 11 is 0. The number of esters is 1. The molecular weight excluding hydrogens is 566 g/mol. The van der Waals surface area contributed by atoms with E-state index in [1.807, 2.05) is 5.06 Å². The third-order valence-electron chi connectivity index (χ3n) is 11.4. The molecule has 264 valence electrons. The zero-order valence-corrected chi connectivity index (χ0v) is 30.7. The largest absolute Gasteiger partial charge is 0.465 e. The summed E-state index contributed by atoms with van der Waals surface area (Å²) in [7, 11) is 0. The van der Waals surface area contributed by atoms with Crippen molar-refractivity contribution in [3.05, 3.63) is 0 Å². The van der Waals surface area contributed by atoms with E-state index in [-0.39, 0.29) is 23.3 Å². The Morgan fingerprint density at radius 2 is 1.22 bits per heavy atom. The summed E-state index contributed by atoms with van der Waals surface area (Å²) in [5, 5.41) is 2.01. The van der Waals surface area contributed by atoms with Gasteiger partial charge < -0.3 is 19.0 Å². The van der Waals surface area contributed by atoms with Crippen LogP contribution < -0.4 is 0 Å². The van der Waals surface area contributed by atoms with Gasteiger partial charge in [0.25, 0.3) is 0 Å². The molecule has 45 heavy (non-hydrogen) atoms. The van der Waals surface area contributed by atoms with Crippen molar-refractivity contribution in [3.8, 4) is 0 Å². The van der Waals surface area contributed by atoms with E-state index in [1.54, 1.807) is 0 Å². The van der Waals surface area contributed by atoms with Crippen LogP contribution in [0.25, 0.3) is 0 Å². The Labute approximate surface area is 277 Å². The number of ether oxygens (including phenoxy) is 3. The van der Waals surface area contributed by atoms with Gasteiger partial charge in [0, 0.05) is 25.7 Å². The fraction of sp³-hybridized carbons (Fsp3) is 0.947. The Morgan fingerprint density at radius 1 is 0.733 bits per heavy atom. The van der Waals surface area contributed by atoms with Crippen LogP contribution in [0.5, 0.6) is 0 Å². The molecule has 3 unspecified atom stereocenters. The van der Waals surface area contributed by atoms with Gasteiger partial charge in [-0.05, 0) is 39.5 Å². The van der Waals surface area contributed by atoms with Crippen LogP contribution >= 0.6 is 0 Å². The Morgan fingerprint density at radius 3 is 1.64 bits per heavy atom. The van der Waals surface area contributed by atoms with Gasteiger partial charge in [0.2, 0.25) is 0 Å². The lowest BCUT2D eigenvalue weighted by atomic mass is 9.66. The van der Waals surface area contributed by atoms with Gasteiger partial charge in [-0.25, -0.2) is 0 Å². The fourth-order valence-corrected chi connectivity index (χ4v) is 7.37. The van der Waals surface area contributed by atoms with Crippen molar-refractivity contribution in [2.24, 2.45) is 11.3 Å². The van der Waals surface area contributed by atoms with Gasteiger partial charge in [0.15, 0.2) is 5.79 Å². The third kappa shape index (κ3) is 11.5. The Balaban J connectivity index is 1.80. The van der Waals surface area contributed by atoms with Gasteiger partial charge in [0.05, 0.1) is 29.7 Å². The molecule has 7 nitrogen and oxygen atoms in total. The van der Waals surface area contributed by atoms with Crippen LogP contribution in [0, 0.1) is 11.3 Å². The third-order valence-corrected chi connectivity index (χ3v) is 11.4. The number of carbonyl (C=O) groups excluding carboxylic acids is 2. The lowest BCUT2D eigenvalue weighted by Crippen LogP contribution is -2.74. The number of hydrogen-bond donors (Lipinski definition) is 0. The zero-order valence-electron chi connectivity index (χ0n) is 30.7. The lowest BCUT2D eigenvalue weighted by Gasteiger charge is -2.63. The molecule has 2 heterocycles. The molecule has 2 fully saturated rings. The second-order valence-corrected chi connectivity index (χ2v) is 14.9. The van der Waals surface area contributed by atoms with E-state index in [0.717, 1.165) is 32.1 Å². The first-order valence-corrected chi connectivity index (χ1v) is 18.9. The number of nitrogens with zero attached hydrogens (tertiary/aromatic N) is 1. The molecule has 0 bridgehead atoms. The number of rotatable bonds is 22. The van der Waals surface area contributed by atoms with Crippen LogP contribution in [-0.2, 0) is 28.6 Å². The monoisotopic (exact) mass is 638 g/mol. The smallest absolute Gasteiger partial charge is 0.325 e. The molecule has 2 aliphatic rings. The molecule has 0 aromatic heterocycles. The van der Waals surface area contributed by atoms with Crippen molar-refractivity contribution in [2.45, 2.75) is 201 Å². The number of unbranched alkanes of at least 4 members (excludes halogenated alkanes) is 14. The molecular formula is C38H71NO6. The van der Waals surface area contributed by atoms with Gasteiger partial charge in [0.1, 0.15) is 6.61 Å². The van der Waals surface area contributed by atoms with E-state index in [2.05, 4.69) is 48.5 Å². The minimum Gasteiger partial charge on any atom is -0.465 e. The maximum absolute atomic E-state index is 13.2. The van der Waals surface area contributed by atoms with Gasteiger partial charge in [-0.2, -0.15) is 0 Å². The molecule has 0 aliphatic carbocycles. The SMILES string of the molecule is CCCCCCCCCCCCCCCCCC(=O)ON1C(C)(CC)CC2(OCC(CC)(COC(C)=O)CO2)C(C)C1(C)CC. The van der Waals surface area contributed by atoms with Gasteiger partial charge >= 0.3 is 11.9 Å². The van der Waals surface area contributed by atoms with E-state index < -0.39 is 16.9 Å². The zero-order chi connectivity index (χ0) is 33.4. The van der Waals surface area contributed by atoms with Crippen LogP contribution in [0.1, 0.15) is 184 Å². The average Bonchev–Trinajstić information content (AvgIpc) is 3.04. The van der Waals surface area contributed by atoms with E-state index >= 15 is 0 Å². The maximum Gasteiger partial charge on any atom is 0.325 e. The van der Waals surface area contributed by atoms with Gasteiger partial charge in [-0.1, -0.05) is 125 Å². The molecule has 3 atom stereocenters. The van der Waals surface area contributed by atoms with E-state index in [1.165, 1.54) is 90.4 Å². The summed E-state index contributed by atoms with van der Waals surface area (Å²) in [6.45, 7) is 17.9. The minimum absolute atomic E-state index is 0.0446. The summed E-state index contributed by atoms with van der Waals surface area (Å²) in [5.41, 5.74) is -1.25. The molecule has 2 rings (SSSR count). The Bertz CT molecular complexity index is 855. The van der Waals surface area contributed by atoms with E-state index in [0.29, 0.717) is 32.7 Å². The van der Waals surface area contributed by atoms with Crippen LogP contribution in [0.4, 0.5) is 0 Å². The molecule has 0 aromatic rings. The van der Waals surface area contributed by atoms with Crippen LogP contribution in [0.2, 0.25) is 0 Å². The molecule has 1 spiro atoms. The summed E-state index contributed by atoms with van der Waals surface area (Å²) in [5.74, 6) is -1.25. The first-order valence-electron chi connectivity index (χ1n) is 18.9. The number of hydrogen-bond acceptors (Lipinski definition) is 7. The molecule has 0 amide bonds. The first-order chi connectivity index (χ1) is 21.5. The van der Waals surface area contributed by atoms with Crippen molar-refractivity contribution >= 4 is 11.9 Å².